The quantitative estimate of drug-likeness (QED) is 0.927. The number of aryl methyl sites for hydroxylation is 1. The van der Waals surface area contributed by atoms with Crippen LogP contribution in [0.5, 0.6) is 0 Å². The highest BCUT2D eigenvalue weighted by molar-refractivity contribution is 9.10. The Morgan fingerprint density at radius 3 is 2.78 bits per heavy atom. The normalized spacial score (nSPS) is 10.4. The van der Waals surface area contributed by atoms with Gasteiger partial charge in [0.1, 0.15) is 5.82 Å². The third kappa shape index (κ3) is 2.43. The first-order chi connectivity index (χ1) is 8.49. The van der Waals surface area contributed by atoms with Crippen LogP contribution in [0.4, 0.5) is 10.1 Å². The maximum atomic E-state index is 12.9. The Kier molecular flexibility index (Phi) is 3.47. The predicted octanol–water partition coefficient (Wildman–Crippen LogP) is 2.88. The third-order valence-corrected chi connectivity index (χ3v) is 3.32. The van der Waals surface area contributed by atoms with E-state index in [9.17, 15) is 9.18 Å². The predicted molar refractivity (Wildman–Crippen MR) is 70.0 cm³/mol. The minimum atomic E-state index is -0.363. The molecule has 2 rings (SSSR count). The Hall–Kier alpha value is -1.69. The van der Waals surface area contributed by atoms with Gasteiger partial charge in [-0.1, -0.05) is 0 Å². The SMILES string of the molecule is Cc1c(C(=O)Nc2ccc(F)cc2Br)cnn1C. The first-order valence-corrected chi connectivity index (χ1v) is 6.03. The summed E-state index contributed by atoms with van der Waals surface area (Å²) in [6.45, 7) is 1.81. The van der Waals surface area contributed by atoms with Crippen molar-refractivity contribution in [3.63, 3.8) is 0 Å². The van der Waals surface area contributed by atoms with E-state index in [1.807, 2.05) is 6.92 Å². The molecule has 0 bridgehead atoms. The van der Waals surface area contributed by atoms with Gasteiger partial charge in [-0.3, -0.25) is 9.48 Å². The van der Waals surface area contributed by atoms with Gasteiger partial charge in [0.25, 0.3) is 5.91 Å². The molecule has 2 aromatic rings. The molecule has 0 aliphatic heterocycles. The molecule has 1 heterocycles. The zero-order valence-electron chi connectivity index (χ0n) is 9.87. The minimum absolute atomic E-state index is 0.270. The monoisotopic (exact) mass is 311 g/mol. The second-order valence-electron chi connectivity index (χ2n) is 3.85. The van der Waals surface area contributed by atoms with E-state index in [2.05, 4.69) is 26.3 Å². The standard InChI is InChI=1S/C12H11BrFN3O/c1-7-9(6-15-17(7)2)12(18)16-11-4-3-8(14)5-10(11)13/h3-6H,1-2H3,(H,16,18). The Balaban J connectivity index is 2.24. The zero-order chi connectivity index (χ0) is 13.3. The molecule has 0 aliphatic carbocycles. The van der Waals surface area contributed by atoms with Crippen molar-refractivity contribution in [1.82, 2.24) is 9.78 Å². The lowest BCUT2D eigenvalue weighted by atomic mass is 10.2. The molecule has 1 aromatic heterocycles. The number of benzene rings is 1. The smallest absolute Gasteiger partial charge is 0.259 e. The van der Waals surface area contributed by atoms with Crippen LogP contribution in [0.1, 0.15) is 16.1 Å². The van der Waals surface area contributed by atoms with E-state index in [4.69, 9.17) is 0 Å². The summed E-state index contributed by atoms with van der Waals surface area (Å²) in [5.74, 6) is -0.634. The van der Waals surface area contributed by atoms with Crippen LogP contribution >= 0.6 is 15.9 Å². The van der Waals surface area contributed by atoms with Gasteiger partial charge >= 0.3 is 0 Å². The molecule has 0 spiro atoms. The molecule has 0 aliphatic rings. The molecular weight excluding hydrogens is 301 g/mol. The number of rotatable bonds is 2. The number of hydrogen-bond donors (Lipinski definition) is 1. The van der Waals surface area contributed by atoms with Crippen LogP contribution in [0.2, 0.25) is 0 Å². The fourth-order valence-corrected chi connectivity index (χ4v) is 1.95. The molecule has 0 saturated carbocycles. The Morgan fingerprint density at radius 2 is 2.22 bits per heavy atom. The van der Waals surface area contributed by atoms with Crippen molar-refractivity contribution in [2.24, 2.45) is 7.05 Å². The molecule has 18 heavy (non-hydrogen) atoms. The van der Waals surface area contributed by atoms with Crippen LogP contribution in [-0.2, 0) is 7.05 Å². The van der Waals surface area contributed by atoms with Crippen molar-refractivity contribution < 1.29 is 9.18 Å². The zero-order valence-corrected chi connectivity index (χ0v) is 11.5. The summed E-state index contributed by atoms with van der Waals surface area (Å²) in [4.78, 5) is 12.0. The number of nitrogens with zero attached hydrogens (tertiary/aromatic N) is 2. The fraction of sp³-hybridized carbons (Fsp3) is 0.167. The number of anilines is 1. The van der Waals surface area contributed by atoms with Gasteiger partial charge in [-0.15, -0.1) is 0 Å². The van der Waals surface area contributed by atoms with Gasteiger partial charge < -0.3 is 5.32 Å². The molecule has 0 atom stereocenters. The lowest BCUT2D eigenvalue weighted by molar-refractivity contribution is 0.102. The molecule has 1 aromatic carbocycles. The number of amides is 1. The van der Waals surface area contributed by atoms with Gasteiger partial charge in [0.05, 0.1) is 17.4 Å². The highest BCUT2D eigenvalue weighted by Gasteiger charge is 2.14. The van der Waals surface area contributed by atoms with Crippen LogP contribution < -0.4 is 5.32 Å². The second-order valence-corrected chi connectivity index (χ2v) is 4.70. The summed E-state index contributed by atoms with van der Waals surface area (Å²) >= 11 is 3.20. The molecule has 0 fully saturated rings. The Morgan fingerprint density at radius 1 is 1.50 bits per heavy atom. The van der Waals surface area contributed by atoms with Gasteiger partial charge in [-0.05, 0) is 41.1 Å². The van der Waals surface area contributed by atoms with Gasteiger partial charge in [-0.2, -0.15) is 5.10 Å². The van der Waals surface area contributed by atoms with Crippen LogP contribution in [0.25, 0.3) is 0 Å². The van der Waals surface area contributed by atoms with Crippen LogP contribution in [0.3, 0.4) is 0 Å². The van der Waals surface area contributed by atoms with Gasteiger partial charge in [0.15, 0.2) is 0 Å². The molecular formula is C12H11BrFN3O. The number of nitrogens with one attached hydrogen (secondary N) is 1. The number of hydrogen-bond acceptors (Lipinski definition) is 2. The summed E-state index contributed by atoms with van der Waals surface area (Å²) in [7, 11) is 1.76. The average molecular weight is 312 g/mol. The van der Waals surface area contributed by atoms with Gasteiger partial charge in [0, 0.05) is 17.2 Å². The number of carbonyl (C=O) groups excluding carboxylic acids is 1. The maximum absolute atomic E-state index is 12.9. The highest BCUT2D eigenvalue weighted by Crippen LogP contribution is 2.23. The average Bonchev–Trinajstić information content (AvgIpc) is 2.64. The summed E-state index contributed by atoms with van der Waals surface area (Å²) in [5.41, 5.74) is 1.78. The molecule has 0 unspecified atom stereocenters. The van der Waals surface area contributed by atoms with Crippen LogP contribution in [0, 0.1) is 12.7 Å². The molecule has 1 N–H and O–H groups in total. The van der Waals surface area contributed by atoms with Crippen molar-refractivity contribution in [1.29, 1.82) is 0 Å². The Labute approximate surface area is 112 Å². The molecule has 94 valence electrons. The summed E-state index contributed by atoms with van der Waals surface area (Å²) in [6, 6.07) is 4.09. The van der Waals surface area contributed by atoms with Crippen molar-refractivity contribution in [2.75, 3.05) is 5.32 Å². The van der Waals surface area contributed by atoms with E-state index in [0.717, 1.165) is 5.69 Å². The largest absolute Gasteiger partial charge is 0.321 e. The van der Waals surface area contributed by atoms with Crippen LogP contribution in [-0.4, -0.2) is 15.7 Å². The van der Waals surface area contributed by atoms with E-state index in [1.54, 1.807) is 11.7 Å². The first kappa shape index (κ1) is 12.8. The van der Waals surface area contributed by atoms with Crippen LogP contribution in [0.15, 0.2) is 28.9 Å². The van der Waals surface area contributed by atoms with Crippen molar-refractivity contribution in [3.05, 3.63) is 45.9 Å². The lowest BCUT2D eigenvalue weighted by Crippen LogP contribution is -2.13. The first-order valence-electron chi connectivity index (χ1n) is 5.24. The molecule has 0 saturated heterocycles. The van der Waals surface area contributed by atoms with Gasteiger partial charge in [0.2, 0.25) is 0 Å². The van der Waals surface area contributed by atoms with E-state index in [-0.39, 0.29) is 11.7 Å². The van der Waals surface area contributed by atoms with E-state index in [0.29, 0.717) is 15.7 Å². The lowest BCUT2D eigenvalue weighted by Gasteiger charge is -2.07. The maximum Gasteiger partial charge on any atom is 0.259 e. The van der Waals surface area contributed by atoms with E-state index < -0.39 is 0 Å². The number of aromatic nitrogens is 2. The van der Waals surface area contributed by atoms with E-state index in [1.165, 1.54) is 24.4 Å². The second kappa shape index (κ2) is 4.89. The summed E-state index contributed by atoms with van der Waals surface area (Å²) in [5, 5.41) is 6.70. The number of halogens is 2. The fourth-order valence-electron chi connectivity index (χ4n) is 1.50. The summed E-state index contributed by atoms with van der Waals surface area (Å²) in [6.07, 6.45) is 1.50. The summed E-state index contributed by atoms with van der Waals surface area (Å²) < 4.78 is 15.0. The Bertz CT molecular complexity index is 609. The molecule has 1 amide bonds. The number of carbonyl (C=O) groups is 1. The highest BCUT2D eigenvalue weighted by atomic mass is 79.9. The van der Waals surface area contributed by atoms with Crippen molar-refractivity contribution in [2.45, 2.75) is 6.92 Å². The molecule has 4 nitrogen and oxygen atoms in total. The molecule has 0 radical (unpaired) electrons. The third-order valence-electron chi connectivity index (χ3n) is 2.66. The molecule has 6 heteroatoms. The van der Waals surface area contributed by atoms with Crippen molar-refractivity contribution in [3.8, 4) is 0 Å². The van der Waals surface area contributed by atoms with Crippen molar-refractivity contribution >= 4 is 27.5 Å². The minimum Gasteiger partial charge on any atom is -0.321 e. The van der Waals surface area contributed by atoms with Gasteiger partial charge in [-0.25, -0.2) is 4.39 Å². The topological polar surface area (TPSA) is 46.9 Å². The van der Waals surface area contributed by atoms with E-state index >= 15 is 0 Å².